The van der Waals surface area contributed by atoms with Crippen molar-refractivity contribution in [1.29, 1.82) is 0 Å². The van der Waals surface area contributed by atoms with E-state index in [0.717, 1.165) is 28.3 Å². The molecule has 0 fully saturated rings. The fraction of sp³-hybridized carbons (Fsp3) is 0.316. The summed E-state index contributed by atoms with van der Waals surface area (Å²) in [6.07, 6.45) is 0. The number of aromatic nitrogens is 3. The summed E-state index contributed by atoms with van der Waals surface area (Å²) in [5.41, 5.74) is 3.96. The van der Waals surface area contributed by atoms with Crippen LogP contribution < -0.4 is 10.1 Å². The van der Waals surface area contributed by atoms with Gasteiger partial charge in [0, 0.05) is 17.8 Å². The normalized spacial score (nSPS) is 10.8. The predicted molar refractivity (Wildman–Crippen MR) is 96.2 cm³/mol. The van der Waals surface area contributed by atoms with Crippen LogP contribution in [-0.2, 0) is 13.1 Å². The molecule has 2 heterocycles. The first-order valence-corrected chi connectivity index (χ1v) is 8.35. The Morgan fingerprint density at radius 2 is 1.96 bits per heavy atom. The number of benzene rings is 1. The highest BCUT2D eigenvalue weighted by atomic mass is 16.5. The molecule has 3 aromatic rings. The van der Waals surface area contributed by atoms with Crippen LogP contribution in [0.4, 0.5) is 0 Å². The number of carbonyl (C=O) groups excluding carboxylic acids is 1. The zero-order valence-corrected chi connectivity index (χ0v) is 15.4. The van der Waals surface area contributed by atoms with E-state index in [9.17, 15) is 4.79 Å². The number of rotatable bonds is 6. The Morgan fingerprint density at radius 3 is 2.58 bits per heavy atom. The molecule has 26 heavy (non-hydrogen) atoms. The molecule has 1 N–H and O–H groups in total. The number of amides is 1. The maximum atomic E-state index is 12.6. The monoisotopic (exact) mass is 354 g/mol. The highest BCUT2D eigenvalue weighted by molar-refractivity contribution is 5.93. The van der Waals surface area contributed by atoms with Crippen LogP contribution in [-0.4, -0.2) is 28.0 Å². The van der Waals surface area contributed by atoms with E-state index >= 15 is 0 Å². The van der Waals surface area contributed by atoms with Crippen molar-refractivity contribution in [3.63, 3.8) is 0 Å². The van der Waals surface area contributed by atoms with Crippen LogP contribution in [0.25, 0.3) is 0 Å². The molecule has 0 unspecified atom stereocenters. The van der Waals surface area contributed by atoms with Gasteiger partial charge in [0.2, 0.25) is 0 Å². The second-order valence-electron chi connectivity index (χ2n) is 6.18. The maximum absolute atomic E-state index is 12.6. The fourth-order valence-corrected chi connectivity index (χ4v) is 2.75. The molecule has 0 bridgehead atoms. The molecule has 0 aliphatic rings. The van der Waals surface area contributed by atoms with E-state index in [2.05, 4.69) is 15.6 Å². The smallest absolute Gasteiger partial charge is 0.274 e. The van der Waals surface area contributed by atoms with Crippen LogP contribution in [0.5, 0.6) is 5.75 Å². The number of aryl methyl sites for hydroxylation is 3. The average Bonchev–Trinajstić information content (AvgIpc) is 3.15. The van der Waals surface area contributed by atoms with Crippen LogP contribution in [0.1, 0.15) is 38.8 Å². The van der Waals surface area contributed by atoms with Gasteiger partial charge in [-0.2, -0.15) is 5.10 Å². The van der Waals surface area contributed by atoms with Gasteiger partial charge in [0.1, 0.15) is 11.5 Å². The molecule has 0 radical (unpaired) electrons. The lowest BCUT2D eigenvalue weighted by atomic mass is 10.1. The number of carbonyl (C=O) groups is 1. The Labute approximate surface area is 151 Å². The van der Waals surface area contributed by atoms with Gasteiger partial charge < -0.3 is 14.6 Å². The maximum Gasteiger partial charge on any atom is 0.274 e. The third-order valence-electron chi connectivity index (χ3n) is 4.22. The van der Waals surface area contributed by atoms with E-state index in [0.29, 0.717) is 24.5 Å². The lowest BCUT2D eigenvalue weighted by molar-refractivity contribution is 0.0941. The van der Waals surface area contributed by atoms with Crippen molar-refractivity contribution >= 4 is 5.91 Å². The van der Waals surface area contributed by atoms with Crippen LogP contribution in [0.2, 0.25) is 0 Å². The minimum Gasteiger partial charge on any atom is -0.497 e. The van der Waals surface area contributed by atoms with Crippen LogP contribution in [0.3, 0.4) is 0 Å². The van der Waals surface area contributed by atoms with E-state index in [4.69, 9.17) is 9.26 Å². The summed E-state index contributed by atoms with van der Waals surface area (Å²) in [4.78, 5) is 12.6. The quantitative estimate of drug-likeness (QED) is 0.736. The lowest BCUT2D eigenvalue weighted by Gasteiger charge is -2.07. The first-order chi connectivity index (χ1) is 12.5. The molecular formula is C19H22N4O3. The Morgan fingerprint density at radius 1 is 1.23 bits per heavy atom. The van der Waals surface area contributed by atoms with E-state index in [1.165, 1.54) is 0 Å². The molecule has 3 rings (SSSR count). The first-order valence-electron chi connectivity index (χ1n) is 8.35. The number of hydrogen-bond donors (Lipinski definition) is 1. The molecule has 136 valence electrons. The second-order valence-corrected chi connectivity index (χ2v) is 6.18. The molecular weight excluding hydrogens is 332 g/mol. The Kier molecular flexibility index (Phi) is 5.06. The predicted octanol–water partition coefficient (Wildman–Crippen LogP) is 2.78. The standard InChI is InChI=1S/C19H22N4O3/c1-12-9-13(2)23(21-12)11-17-14(3)26-22-18(17)19(24)20-10-15-5-7-16(25-4)8-6-15/h5-9H,10-11H2,1-4H3,(H,20,24). The van der Waals surface area contributed by atoms with Crippen LogP contribution in [0.15, 0.2) is 34.9 Å². The molecule has 0 aliphatic heterocycles. The van der Waals surface area contributed by atoms with Crippen molar-refractivity contribution in [2.45, 2.75) is 33.9 Å². The van der Waals surface area contributed by atoms with Gasteiger partial charge >= 0.3 is 0 Å². The third kappa shape index (κ3) is 3.77. The fourth-order valence-electron chi connectivity index (χ4n) is 2.75. The zero-order chi connectivity index (χ0) is 18.7. The summed E-state index contributed by atoms with van der Waals surface area (Å²) >= 11 is 0. The van der Waals surface area contributed by atoms with Crippen LogP contribution >= 0.6 is 0 Å². The van der Waals surface area contributed by atoms with Crippen molar-refractivity contribution in [1.82, 2.24) is 20.3 Å². The van der Waals surface area contributed by atoms with E-state index in [1.807, 2.05) is 48.9 Å². The van der Waals surface area contributed by atoms with Gasteiger partial charge in [-0.15, -0.1) is 0 Å². The number of hydrogen-bond acceptors (Lipinski definition) is 5. The summed E-state index contributed by atoms with van der Waals surface area (Å²) in [5.74, 6) is 1.13. The SMILES string of the molecule is COc1ccc(CNC(=O)c2noc(C)c2Cn2nc(C)cc2C)cc1. The molecule has 0 atom stereocenters. The minimum atomic E-state index is -0.269. The highest BCUT2D eigenvalue weighted by Crippen LogP contribution is 2.17. The summed E-state index contributed by atoms with van der Waals surface area (Å²) in [6.45, 7) is 6.56. The Bertz CT molecular complexity index is 910. The van der Waals surface area contributed by atoms with Crippen molar-refractivity contribution in [3.8, 4) is 5.75 Å². The van der Waals surface area contributed by atoms with E-state index in [-0.39, 0.29) is 5.91 Å². The van der Waals surface area contributed by atoms with Crippen molar-refractivity contribution < 1.29 is 14.1 Å². The summed E-state index contributed by atoms with van der Waals surface area (Å²) in [6, 6.07) is 9.52. The van der Waals surface area contributed by atoms with Crippen molar-refractivity contribution in [2.24, 2.45) is 0 Å². The molecule has 2 aromatic heterocycles. The molecule has 1 amide bonds. The molecule has 0 saturated carbocycles. The van der Waals surface area contributed by atoms with Gasteiger partial charge in [-0.05, 0) is 44.5 Å². The summed E-state index contributed by atoms with van der Waals surface area (Å²) in [5, 5.41) is 11.3. The minimum absolute atomic E-state index is 0.269. The molecule has 7 nitrogen and oxygen atoms in total. The molecule has 0 aliphatic carbocycles. The van der Waals surface area contributed by atoms with E-state index in [1.54, 1.807) is 14.0 Å². The van der Waals surface area contributed by atoms with Gasteiger partial charge in [0.05, 0.1) is 19.3 Å². The number of nitrogens with one attached hydrogen (secondary N) is 1. The summed E-state index contributed by atoms with van der Waals surface area (Å²) < 4.78 is 12.2. The number of ether oxygens (including phenoxy) is 1. The third-order valence-corrected chi connectivity index (χ3v) is 4.22. The number of nitrogens with zero attached hydrogens (tertiary/aromatic N) is 3. The highest BCUT2D eigenvalue weighted by Gasteiger charge is 2.20. The van der Waals surface area contributed by atoms with Gasteiger partial charge in [0.15, 0.2) is 5.69 Å². The average molecular weight is 354 g/mol. The molecule has 1 aromatic carbocycles. The first kappa shape index (κ1) is 17.7. The van der Waals surface area contributed by atoms with Gasteiger partial charge in [-0.3, -0.25) is 9.48 Å². The Hall–Kier alpha value is -3.09. The van der Waals surface area contributed by atoms with Gasteiger partial charge in [-0.25, -0.2) is 0 Å². The summed E-state index contributed by atoms with van der Waals surface area (Å²) in [7, 11) is 1.62. The molecule has 0 saturated heterocycles. The largest absolute Gasteiger partial charge is 0.497 e. The topological polar surface area (TPSA) is 82.2 Å². The zero-order valence-electron chi connectivity index (χ0n) is 15.4. The molecule has 7 heteroatoms. The molecule has 0 spiro atoms. The van der Waals surface area contributed by atoms with E-state index < -0.39 is 0 Å². The lowest BCUT2D eigenvalue weighted by Crippen LogP contribution is -2.24. The van der Waals surface area contributed by atoms with Gasteiger partial charge in [-0.1, -0.05) is 17.3 Å². The van der Waals surface area contributed by atoms with Crippen molar-refractivity contribution in [2.75, 3.05) is 7.11 Å². The second kappa shape index (κ2) is 7.43. The van der Waals surface area contributed by atoms with Crippen LogP contribution in [0, 0.1) is 20.8 Å². The number of methoxy groups -OCH3 is 1. The Balaban J connectivity index is 1.72. The van der Waals surface area contributed by atoms with Gasteiger partial charge in [0.25, 0.3) is 5.91 Å². The van der Waals surface area contributed by atoms with Crippen molar-refractivity contribution in [3.05, 3.63) is 64.3 Å².